The van der Waals surface area contributed by atoms with Crippen LogP contribution in [-0.2, 0) is 14.3 Å². The molecule has 4 nitrogen and oxygen atoms in total. The first kappa shape index (κ1) is 21.9. The predicted octanol–water partition coefficient (Wildman–Crippen LogP) is 4.42. The highest BCUT2D eigenvalue weighted by Crippen LogP contribution is 2.34. The van der Waals surface area contributed by atoms with E-state index in [1.165, 1.54) is 0 Å². The zero-order chi connectivity index (χ0) is 17.6. The molecule has 22 heavy (non-hydrogen) atoms. The first-order valence-corrected chi connectivity index (χ1v) is 9.09. The van der Waals surface area contributed by atoms with Gasteiger partial charge in [-0.05, 0) is 61.3 Å². The summed E-state index contributed by atoms with van der Waals surface area (Å²) in [5.74, 6) is -0.407. The van der Waals surface area contributed by atoms with Crippen LogP contribution >= 0.6 is 15.9 Å². The summed E-state index contributed by atoms with van der Waals surface area (Å²) in [6.07, 6.45) is 2.22. The third-order valence-electron chi connectivity index (χ3n) is 3.21. The zero-order valence-electron chi connectivity index (χ0n) is 15.2. The highest BCUT2D eigenvalue weighted by Gasteiger charge is 2.45. The third kappa shape index (κ3) is 8.49. The van der Waals surface area contributed by atoms with Crippen LogP contribution in [-0.4, -0.2) is 33.9 Å². The van der Waals surface area contributed by atoms with Crippen LogP contribution in [0.5, 0.6) is 0 Å². The fraction of sp³-hybridized carbons (Fsp3) is 0.941. The van der Waals surface area contributed by atoms with Crippen molar-refractivity contribution in [2.45, 2.75) is 91.6 Å². The summed E-state index contributed by atoms with van der Waals surface area (Å²) < 4.78 is 11.1. The van der Waals surface area contributed by atoms with E-state index in [0.717, 1.165) is 24.6 Å². The van der Waals surface area contributed by atoms with Gasteiger partial charge in [-0.2, -0.15) is 0 Å². The average molecular weight is 381 g/mol. The second kappa shape index (κ2) is 8.65. The molecular formula is C17H33BrO4. The van der Waals surface area contributed by atoms with Crippen molar-refractivity contribution in [1.82, 2.24) is 0 Å². The summed E-state index contributed by atoms with van der Waals surface area (Å²) in [7, 11) is 0. The minimum Gasteiger partial charge on any atom is -0.459 e. The Labute approximate surface area is 144 Å². The normalized spacial score (nSPS) is 17.0. The Morgan fingerprint density at radius 3 is 1.95 bits per heavy atom. The second-order valence-electron chi connectivity index (χ2n) is 8.00. The fourth-order valence-corrected chi connectivity index (χ4v) is 2.35. The molecule has 5 heteroatoms. The van der Waals surface area contributed by atoms with Gasteiger partial charge < -0.3 is 14.6 Å². The molecule has 0 saturated heterocycles. The highest BCUT2D eigenvalue weighted by atomic mass is 79.9. The lowest BCUT2D eigenvalue weighted by molar-refractivity contribution is -0.234. The Hall–Kier alpha value is -0.130. The maximum atomic E-state index is 12.6. The standard InChI is InChI=1S/C17H33BrO4/c1-15(2,3)21-13(19)17(7,11-9-8-10-12-18)14(20)22-16(4,5)6/h13,19H,8-12H2,1-7H3. The summed E-state index contributed by atoms with van der Waals surface area (Å²) in [4.78, 5) is 12.6. The molecule has 0 fully saturated rings. The molecule has 2 atom stereocenters. The van der Waals surface area contributed by atoms with Crippen molar-refractivity contribution in [3.63, 3.8) is 0 Å². The van der Waals surface area contributed by atoms with Gasteiger partial charge in [0.25, 0.3) is 0 Å². The van der Waals surface area contributed by atoms with Gasteiger partial charge in [0.2, 0.25) is 0 Å². The number of carbonyl (C=O) groups excluding carboxylic acids is 1. The molecule has 0 heterocycles. The number of rotatable bonds is 8. The summed E-state index contributed by atoms with van der Waals surface area (Å²) >= 11 is 3.40. The Morgan fingerprint density at radius 1 is 1.00 bits per heavy atom. The highest BCUT2D eigenvalue weighted by molar-refractivity contribution is 9.09. The lowest BCUT2D eigenvalue weighted by Gasteiger charge is -2.37. The van der Waals surface area contributed by atoms with Crippen molar-refractivity contribution >= 4 is 21.9 Å². The number of ether oxygens (including phenoxy) is 2. The number of halogens is 1. The number of hydrogen-bond acceptors (Lipinski definition) is 4. The second-order valence-corrected chi connectivity index (χ2v) is 8.79. The van der Waals surface area contributed by atoms with Gasteiger partial charge in [0, 0.05) is 5.33 Å². The molecule has 0 aliphatic carbocycles. The van der Waals surface area contributed by atoms with Crippen molar-refractivity contribution in [1.29, 1.82) is 0 Å². The van der Waals surface area contributed by atoms with Gasteiger partial charge >= 0.3 is 5.97 Å². The van der Waals surface area contributed by atoms with Gasteiger partial charge in [-0.15, -0.1) is 0 Å². The lowest BCUT2D eigenvalue weighted by atomic mass is 9.83. The number of aliphatic hydroxyl groups is 1. The Bertz CT molecular complexity index is 344. The predicted molar refractivity (Wildman–Crippen MR) is 93.1 cm³/mol. The monoisotopic (exact) mass is 380 g/mol. The molecule has 0 aromatic carbocycles. The first-order valence-electron chi connectivity index (χ1n) is 7.97. The molecule has 0 saturated carbocycles. The smallest absolute Gasteiger partial charge is 0.317 e. The van der Waals surface area contributed by atoms with E-state index < -0.39 is 28.9 Å². The fourth-order valence-electron chi connectivity index (χ4n) is 1.95. The van der Waals surface area contributed by atoms with Crippen LogP contribution in [0.3, 0.4) is 0 Å². The maximum absolute atomic E-state index is 12.6. The van der Waals surface area contributed by atoms with Crippen LogP contribution < -0.4 is 0 Å². The minimum atomic E-state index is -1.19. The van der Waals surface area contributed by atoms with Crippen LogP contribution in [0, 0.1) is 5.41 Å². The molecule has 0 aliphatic heterocycles. The minimum absolute atomic E-state index is 0.407. The Kier molecular flexibility index (Phi) is 8.60. The Morgan fingerprint density at radius 2 is 1.55 bits per heavy atom. The largest absolute Gasteiger partial charge is 0.459 e. The van der Waals surface area contributed by atoms with E-state index in [-0.39, 0.29) is 0 Å². The summed E-state index contributed by atoms with van der Waals surface area (Å²) in [5, 5.41) is 11.4. The van der Waals surface area contributed by atoms with E-state index in [4.69, 9.17) is 9.47 Å². The number of alkyl halides is 1. The van der Waals surface area contributed by atoms with Crippen molar-refractivity contribution in [2.24, 2.45) is 5.41 Å². The molecule has 0 rings (SSSR count). The van der Waals surface area contributed by atoms with E-state index in [1.54, 1.807) is 6.92 Å². The number of esters is 1. The molecule has 2 unspecified atom stereocenters. The molecule has 0 aromatic rings. The molecule has 1 N–H and O–H groups in total. The van der Waals surface area contributed by atoms with Crippen molar-refractivity contribution in [3.8, 4) is 0 Å². The van der Waals surface area contributed by atoms with Gasteiger partial charge in [-0.25, -0.2) is 0 Å². The van der Waals surface area contributed by atoms with E-state index >= 15 is 0 Å². The maximum Gasteiger partial charge on any atom is 0.317 e. The topological polar surface area (TPSA) is 55.8 Å². The molecular weight excluding hydrogens is 348 g/mol. The van der Waals surface area contributed by atoms with Gasteiger partial charge in [0.05, 0.1) is 5.60 Å². The van der Waals surface area contributed by atoms with E-state index in [9.17, 15) is 9.90 Å². The first-order chi connectivity index (χ1) is 9.82. The molecule has 0 amide bonds. The molecule has 0 aromatic heterocycles. The van der Waals surface area contributed by atoms with E-state index in [0.29, 0.717) is 6.42 Å². The van der Waals surface area contributed by atoms with E-state index in [1.807, 2.05) is 41.5 Å². The molecule has 0 radical (unpaired) electrons. The van der Waals surface area contributed by atoms with Gasteiger partial charge in [-0.1, -0.05) is 28.8 Å². The zero-order valence-corrected chi connectivity index (χ0v) is 16.7. The summed E-state index contributed by atoms with van der Waals surface area (Å²) in [5.41, 5.74) is -2.18. The number of carbonyl (C=O) groups is 1. The van der Waals surface area contributed by atoms with Crippen LogP contribution in [0.1, 0.15) is 74.1 Å². The van der Waals surface area contributed by atoms with Crippen LogP contribution in [0.4, 0.5) is 0 Å². The SMILES string of the molecule is CC(C)(C)OC(=O)C(C)(CCCCCBr)C(O)OC(C)(C)C. The summed E-state index contributed by atoms with van der Waals surface area (Å²) in [6, 6.07) is 0. The molecule has 0 spiro atoms. The van der Waals surface area contributed by atoms with Crippen LogP contribution in [0.25, 0.3) is 0 Å². The van der Waals surface area contributed by atoms with Crippen LogP contribution in [0.15, 0.2) is 0 Å². The molecule has 132 valence electrons. The quantitative estimate of drug-likeness (QED) is 0.293. The summed E-state index contributed by atoms with van der Waals surface area (Å²) in [6.45, 7) is 12.8. The van der Waals surface area contributed by atoms with Crippen LogP contribution in [0.2, 0.25) is 0 Å². The molecule has 0 aliphatic rings. The lowest BCUT2D eigenvalue weighted by Crippen LogP contribution is -2.47. The van der Waals surface area contributed by atoms with Gasteiger partial charge in [0.1, 0.15) is 11.0 Å². The Balaban J connectivity index is 5.06. The molecule has 0 bridgehead atoms. The number of unbranched alkanes of at least 4 members (excludes halogenated alkanes) is 2. The van der Waals surface area contributed by atoms with Gasteiger partial charge in [0.15, 0.2) is 6.29 Å². The van der Waals surface area contributed by atoms with Crippen molar-refractivity contribution in [2.75, 3.05) is 5.33 Å². The van der Waals surface area contributed by atoms with E-state index in [2.05, 4.69) is 15.9 Å². The third-order valence-corrected chi connectivity index (χ3v) is 3.77. The number of aliphatic hydroxyl groups excluding tert-OH is 1. The number of hydrogen-bond donors (Lipinski definition) is 1. The average Bonchev–Trinajstić information content (AvgIpc) is 2.29. The van der Waals surface area contributed by atoms with Gasteiger partial charge in [-0.3, -0.25) is 4.79 Å². The van der Waals surface area contributed by atoms with Crippen molar-refractivity contribution < 1.29 is 19.4 Å². The van der Waals surface area contributed by atoms with Crippen molar-refractivity contribution in [3.05, 3.63) is 0 Å².